The van der Waals surface area contributed by atoms with Gasteiger partial charge in [-0.3, -0.25) is 0 Å². The highest BCUT2D eigenvalue weighted by atomic mass is 35.5. The Hall–Kier alpha value is -1.65. The molecule has 1 N–H and O–H groups in total. The summed E-state index contributed by atoms with van der Waals surface area (Å²) in [6.45, 7) is 0. The van der Waals surface area contributed by atoms with Crippen LogP contribution in [-0.4, -0.2) is 21.0 Å². The number of aromatic carboxylic acids is 1. The summed E-state index contributed by atoms with van der Waals surface area (Å²) in [4.78, 5) is 18.7. The van der Waals surface area contributed by atoms with Crippen LogP contribution in [0.25, 0.3) is 11.4 Å². The Labute approximate surface area is 107 Å². The number of nitrogens with zero attached hydrogens (tertiary/aromatic N) is 2. The van der Waals surface area contributed by atoms with Gasteiger partial charge < -0.3 is 5.11 Å². The molecule has 0 amide bonds. The zero-order valence-corrected chi connectivity index (χ0v) is 9.90. The number of aromatic nitrogens is 2. The molecule has 6 heteroatoms. The summed E-state index contributed by atoms with van der Waals surface area (Å²) in [6, 6.07) is 7.98. The van der Waals surface area contributed by atoms with E-state index in [-0.39, 0.29) is 16.7 Å². The number of hydrogen-bond donors (Lipinski definition) is 1. The van der Waals surface area contributed by atoms with Crippen LogP contribution in [0.4, 0.5) is 0 Å². The highest BCUT2D eigenvalue weighted by Gasteiger charge is 2.10. The molecule has 1 aromatic heterocycles. The zero-order chi connectivity index (χ0) is 12.4. The Kier molecular flexibility index (Phi) is 3.26. The van der Waals surface area contributed by atoms with Crippen LogP contribution in [0.5, 0.6) is 0 Å². The average molecular weight is 269 g/mol. The number of carbonyl (C=O) groups is 1. The van der Waals surface area contributed by atoms with Crippen molar-refractivity contribution in [2.45, 2.75) is 0 Å². The smallest absolute Gasteiger partial charge is 0.354 e. The molecule has 1 heterocycles. The quantitative estimate of drug-likeness (QED) is 0.850. The van der Waals surface area contributed by atoms with Crippen molar-refractivity contribution >= 4 is 29.2 Å². The number of rotatable bonds is 2. The fourth-order valence-electron chi connectivity index (χ4n) is 1.28. The maximum Gasteiger partial charge on any atom is 0.354 e. The van der Waals surface area contributed by atoms with E-state index in [4.69, 9.17) is 28.3 Å². The van der Waals surface area contributed by atoms with Gasteiger partial charge in [-0.25, -0.2) is 14.8 Å². The third kappa shape index (κ3) is 2.72. The molecule has 1 aromatic carbocycles. The molecule has 0 saturated carbocycles. The van der Waals surface area contributed by atoms with Gasteiger partial charge in [-0.2, -0.15) is 0 Å². The van der Waals surface area contributed by atoms with Gasteiger partial charge in [-0.05, 0) is 12.1 Å². The van der Waals surface area contributed by atoms with Gasteiger partial charge in [0, 0.05) is 16.7 Å². The SMILES string of the molecule is O=C(O)c1cc(Cl)nc(-c2cccc(Cl)c2)n1. The molecular weight excluding hydrogens is 263 g/mol. The molecular formula is C11H6Cl2N2O2. The molecule has 0 spiro atoms. The molecule has 0 aliphatic heterocycles. The lowest BCUT2D eigenvalue weighted by Gasteiger charge is -2.02. The summed E-state index contributed by atoms with van der Waals surface area (Å²) in [5.74, 6) is -0.921. The number of hydrogen-bond acceptors (Lipinski definition) is 3. The molecule has 2 rings (SSSR count). The van der Waals surface area contributed by atoms with E-state index in [9.17, 15) is 4.79 Å². The molecule has 0 saturated heterocycles. The lowest BCUT2D eigenvalue weighted by molar-refractivity contribution is 0.0690. The summed E-state index contributed by atoms with van der Waals surface area (Å²) in [6.07, 6.45) is 0. The van der Waals surface area contributed by atoms with E-state index >= 15 is 0 Å². The number of carboxylic acids is 1. The third-order valence-electron chi connectivity index (χ3n) is 2.00. The van der Waals surface area contributed by atoms with Crippen LogP contribution in [0.2, 0.25) is 10.2 Å². The number of halogens is 2. The van der Waals surface area contributed by atoms with E-state index in [1.807, 2.05) is 0 Å². The van der Waals surface area contributed by atoms with Crippen LogP contribution in [0, 0.1) is 0 Å². The maximum absolute atomic E-state index is 10.8. The Morgan fingerprint density at radius 3 is 2.59 bits per heavy atom. The Morgan fingerprint density at radius 2 is 1.94 bits per heavy atom. The van der Waals surface area contributed by atoms with E-state index in [1.54, 1.807) is 24.3 Å². The topological polar surface area (TPSA) is 63.1 Å². The van der Waals surface area contributed by atoms with Crippen molar-refractivity contribution in [1.82, 2.24) is 9.97 Å². The molecule has 0 unspecified atom stereocenters. The predicted molar refractivity (Wildman–Crippen MR) is 64.4 cm³/mol. The largest absolute Gasteiger partial charge is 0.477 e. The van der Waals surface area contributed by atoms with Crippen LogP contribution < -0.4 is 0 Å². The van der Waals surface area contributed by atoms with Crippen molar-refractivity contribution in [3.63, 3.8) is 0 Å². The second kappa shape index (κ2) is 4.69. The Bertz CT molecular complexity index is 587. The van der Waals surface area contributed by atoms with E-state index in [2.05, 4.69) is 9.97 Å². The van der Waals surface area contributed by atoms with E-state index in [0.717, 1.165) is 0 Å². The second-order valence-corrected chi connectivity index (χ2v) is 4.04. The molecule has 17 heavy (non-hydrogen) atoms. The molecule has 86 valence electrons. The fraction of sp³-hybridized carbons (Fsp3) is 0. The summed E-state index contributed by atoms with van der Waals surface area (Å²) in [5, 5.41) is 9.45. The van der Waals surface area contributed by atoms with Crippen LogP contribution in [0.1, 0.15) is 10.5 Å². The minimum Gasteiger partial charge on any atom is -0.477 e. The summed E-state index contributed by atoms with van der Waals surface area (Å²) in [5.41, 5.74) is 0.461. The molecule has 0 bridgehead atoms. The highest BCUT2D eigenvalue weighted by Crippen LogP contribution is 2.21. The first kappa shape index (κ1) is 11.8. The van der Waals surface area contributed by atoms with Gasteiger partial charge in [-0.1, -0.05) is 35.3 Å². The monoisotopic (exact) mass is 268 g/mol. The van der Waals surface area contributed by atoms with Crippen molar-refractivity contribution in [3.05, 3.63) is 46.2 Å². The molecule has 0 radical (unpaired) electrons. The minimum absolute atomic E-state index is 0.0763. The first-order valence-corrected chi connectivity index (χ1v) is 5.35. The first-order chi connectivity index (χ1) is 8.06. The van der Waals surface area contributed by atoms with Crippen LogP contribution in [0.3, 0.4) is 0 Å². The summed E-state index contributed by atoms with van der Waals surface area (Å²) < 4.78 is 0. The molecule has 4 nitrogen and oxygen atoms in total. The number of benzene rings is 1. The third-order valence-corrected chi connectivity index (χ3v) is 2.43. The maximum atomic E-state index is 10.8. The molecule has 0 atom stereocenters. The van der Waals surface area contributed by atoms with E-state index < -0.39 is 5.97 Å². The Morgan fingerprint density at radius 1 is 1.18 bits per heavy atom. The summed E-state index contributed by atoms with van der Waals surface area (Å²) >= 11 is 11.6. The zero-order valence-electron chi connectivity index (χ0n) is 8.39. The first-order valence-electron chi connectivity index (χ1n) is 4.60. The number of carboxylic acid groups (broad SMARTS) is 1. The van der Waals surface area contributed by atoms with Crippen LogP contribution in [0.15, 0.2) is 30.3 Å². The average Bonchev–Trinajstić information content (AvgIpc) is 2.28. The van der Waals surface area contributed by atoms with Crippen LogP contribution in [-0.2, 0) is 0 Å². The molecule has 2 aromatic rings. The van der Waals surface area contributed by atoms with Gasteiger partial charge in [0.2, 0.25) is 0 Å². The fourth-order valence-corrected chi connectivity index (χ4v) is 1.66. The van der Waals surface area contributed by atoms with Crippen LogP contribution >= 0.6 is 23.2 Å². The second-order valence-electron chi connectivity index (χ2n) is 3.22. The molecule has 0 aliphatic carbocycles. The van der Waals surface area contributed by atoms with Crippen molar-refractivity contribution in [2.75, 3.05) is 0 Å². The van der Waals surface area contributed by atoms with Gasteiger partial charge in [-0.15, -0.1) is 0 Å². The standard InChI is InChI=1S/C11H6Cl2N2O2/c12-7-3-1-2-6(4-7)10-14-8(11(16)17)5-9(13)15-10/h1-5H,(H,16,17). The minimum atomic E-state index is -1.16. The van der Waals surface area contributed by atoms with Gasteiger partial charge in [0.05, 0.1) is 0 Å². The van der Waals surface area contributed by atoms with Gasteiger partial charge >= 0.3 is 5.97 Å². The lowest BCUT2D eigenvalue weighted by atomic mass is 10.2. The highest BCUT2D eigenvalue weighted by molar-refractivity contribution is 6.31. The molecule has 0 aliphatic rings. The van der Waals surface area contributed by atoms with Crippen molar-refractivity contribution in [2.24, 2.45) is 0 Å². The van der Waals surface area contributed by atoms with Crippen molar-refractivity contribution in [3.8, 4) is 11.4 Å². The van der Waals surface area contributed by atoms with Gasteiger partial charge in [0.25, 0.3) is 0 Å². The lowest BCUT2D eigenvalue weighted by Crippen LogP contribution is -2.03. The van der Waals surface area contributed by atoms with Gasteiger partial charge in [0.1, 0.15) is 5.15 Å². The normalized spacial score (nSPS) is 10.2. The Balaban J connectivity index is 2.56. The molecule has 0 fully saturated rings. The van der Waals surface area contributed by atoms with Crippen molar-refractivity contribution < 1.29 is 9.90 Å². The van der Waals surface area contributed by atoms with E-state index in [1.165, 1.54) is 6.07 Å². The van der Waals surface area contributed by atoms with Crippen molar-refractivity contribution in [1.29, 1.82) is 0 Å². The predicted octanol–water partition coefficient (Wildman–Crippen LogP) is 3.15. The van der Waals surface area contributed by atoms with E-state index in [0.29, 0.717) is 10.6 Å². The summed E-state index contributed by atoms with van der Waals surface area (Å²) in [7, 11) is 0. The van der Waals surface area contributed by atoms with Gasteiger partial charge in [0.15, 0.2) is 11.5 Å².